The van der Waals surface area contributed by atoms with Gasteiger partial charge in [0.2, 0.25) is 0 Å². The first-order chi connectivity index (χ1) is 18.0. The van der Waals surface area contributed by atoms with E-state index < -0.39 is 24.6 Å². The van der Waals surface area contributed by atoms with Gasteiger partial charge >= 0.3 is 5.97 Å². The minimum absolute atomic E-state index is 0.393. The summed E-state index contributed by atoms with van der Waals surface area (Å²) in [4.78, 5) is 12.8. The van der Waals surface area contributed by atoms with E-state index in [1.807, 2.05) is 43.3 Å². The van der Waals surface area contributed by atoms with Crippen LogP contribution in [0, 0.1) is 13.8 Å². The maximum atomic E-state index is 12.8. The average molecular weight is 770 g/mol. The highest BCUT2D eigenvalue weighted by Crippen LogP contribution is 2.56. The fourth-order valence-electron chi connectivity index (χ4n) is 5.17. The number of ether oxygens (including phenoxy) is 2. The zero-order chi connectivity index (χ0) is 27.2. The number of aryl methyl sites for hydroxylation is 2. The molecule has 1 heterocycles. The summed E-state index contributed by atoms with van der Waals surface area (Å²) >= 11 is 15.6. The van der Waals surface area contributed by atoms with E-state index in [4.69, 9.17) is 13.9 Å². The van der Waals surface area contributed by atoms with E-state index in [2.05, 4.69) is 101 Å². The van der Waals surface area contributed by atoms with Crippen LogP contribution in [0.1, 0.15) is 28.9 Å². The summed E-state index contributed by atoms with van der Waals surface area (Å²) in [6.45, 7) is 4.10. The maximum absolute atomic E-state index is 12.8. The normalized spacial score (nSPS) is 19.3. The van der Waals surface area contributed by atoms with Crippen molar-refractivity contribution in [3.05, 3.63) is 89.2 Å². The van der Waals surface area contributed by atoms with E-state index in [1.54, 1.807) is 0 Å². The van der Waals surface area contributed by atoms with Gasteiger partial charge in [-0.25, -0.2) is 4.79 Å². The number of esters is 1. The van der Waals surface area contributed by atoms with Crippen molar-refractivity contribution in [1.29, 1.82) is 0 Å². The van der Waals surface area contributed by atoms with Gasteiger partial charge < -0.3 is 13.9 Å². The summed E-state index contributed by atoms with van der Waals surface area (Å²) in [5, 5.41) is 3.37. The molecule has 2 atom stereocenters. The minimum atomic E-state index is -0.806. The van der Waals surface area contributed by atoms with Crippen molar-refractivity contribution in [2.24, 2.45) is 0 Å². The van der Waals surface area contributed by atoms with E-state index in [-0.39, 0.29) is 0 Å². The SMILES string of the molecule is COC(=O)C(Cc1ccccc1)OC1C(Br)(Br)C=C(c2c3ccccc3cc3oc(C)c(C)c23)CC1(Br)Br. The molecule has 1 aliphatic rings. The third-order valence-corrected chi connectivity index (χ3v) is 9.74. The molecule has 0 aliphatic heterocycles. The Morgan fingerprint density at radius 1 is 1.05 bits per heavy atom. The molecule has 0 fully saturated rings. The predicted octanol–water partition coefficient (Wildman–Crippen LogP) is 9.13. The standard InChI is InChI=1S/C30H26Br4O4/c1-17-18(2)37-23-14-20-11-7-8-12-22(20)26(25(17)23)21-15-29(31,32)28(30(33,34)16-21)38-24(27(35)36-3)13-19-9-5-4-6-10-19/h4-12,14-15,24,28H,13,16H2,1-3H3. The minimum Gasteiger partial charge on any atom is -0.467 e. The van der Waals surface area contributed by atoms with Gasteiger partial charge in [0.1, 0.15) is 23.9 Å². The van der Waals surface area contributed by atoms with E-state index in [0.717, 1.165) is 49.8 Å². The molecule has 1 aliphatic carbocycles. The summed E-state index contributed by atoms with van der Waals surface area (Å²) < 4.78 is 16.3. The first-order valence-electron chi connectivity index (χ1n) is 12.2. The quantitative estimate of drug-likeness (QED) is 0.145. The lowest BCUT2D eigenvalue weighted by Gasteiger charge is -2.43. The van der Waals surface area contributed by atoms with Gasteiger partial charge in [-0.1, -0.05) is 124 Å². The molecule has 3 aromatic carbocycles. The molecule has 0 saturated heterocycles. The van der Waals surface area contributed by atoms with Crippen LogP contribution >= 0.6 is 63.7 Å². The van der Waals surface area contributed by atoms with Gasteiger partial charge in [-0.2, -0.15) is 0 Å². The smallest absolute Gasteiger partial charge is 0.335 e. The van der Waals surface area contributed by atoms with E-state index in [0.29, 0.717) is 12.8 Å². The molecular weight excluding hydrogens is 744 g/mol. The Hall–Kier alpha value is -1.45. The van der Waals surface area contributed by atoms with Crippen LogP contribution in [0.4, 0.5) is 0 Å². The molecule has 0 saturated carbocycles. The summed E-state index contributed by atoms with van der Waals surface area (Å²) in [5.74, 6) is 0.486. The maximum Gasteiger partial charge on any atom is 0.335 e. The van der Waals surface area contributed by atoms with Crippen LogP contribution in [-0.2, 0) is 20.7 Å². The molecular formula is C30H26Br4O4. The van der Waals surface area contributed by atoms with Gasteiger partial charge in [0.25, 0.3) is 0 Å². The van der Waals surface area contributed by atoms with Gasteiger partial charge in [-0.3, -0.25) is 0 Å². The lowest BCUT2D eigenvalue weighted by molar-refractivity contribution is -0.158. The Labute approximate surface area is 255 Å². The van der Waals surface area contributed by atoms with Crippen LogP contribution in [0.15, 0.2) is 71.2 Å². The number of hydrogen-bond donors (Lipinski definition) is 0. The largest absolute Gasteiger partial charge is 0.467 e. The molecule has 0 bridgehead atoms. The monoisotopic (exact) mass is 766 g/mol. The molecule has 4 nitrogen and oxygen atoms in total. The number of benzene rings is 3. The van der Waals surface area contributed by atoms with Crippen molar-refractivity contribution in [3.8, 4) is 0 Å². The van der Waals surface area contributed by atoms with Crippen LogP contribution in [0.3, 0.4) is 0 Å². The highest BCUT2D eigenvalue weighted by molar-refractivity contribution is 9.26. The highest BCUT2D eigenvalue weighted by atomic mass is 79.9. The molecule has 0 spiro atoms. The number of halogens is 4. The third kappa shape index (κ3) is 5.31. The van der Waals surface area contributed by atoms with Crippen molar-refractivity contribution in [1.82, 2.24) is 0 Å². The number of carbonyl (C=O) groups is 1. The van der Waals surface area contributed by atoms with Gasteiger partial charge in [0.15, 0.2) is 6.10 Å². The second-order valence-electron chi connectivity index (χ2n) is 9.63. The van der Waals surface area contributed by atoms with Gasteiger partial charge in [-0.15, -0.1) is 0 Å². The van der Waals surface area contributed by atoms with Crippen LogP contribution < -0.4 is 0 Å². The number of methoxy groups -OCH3 is 1. The van der Waals surface area contributed by atoms with Crippen molar-refractivity contribution in [2.45, 2.75) is 45.4 Å². The first-order valence-corrected chi connectivity index (χ1v) is 15.4. The van der Waals surface area contributed by atoms with Crippen molar-refractivity contribution >= 4 is 97.0 Å². The molecule has 5 rings (SSSR count). The number of allylic oxidation sites excluding steroid dienone is 1. The number of furan rings is 1. The molecule has 198 valence electrons. The molecule has 0 amide bonds. The number of hydrogen-bond acceptors (Lipinski definition) is 4. The lowest BCUT2D eigenvalue weighted by Crippen LogP contribution is -2.50. The molecule has 0 radical (unpaired) electrons. The molecule has 38 heavy (non-hydrogen) atoms. The van der Waals surface area contributed by atoms with Crippen LogP contribution in [-0.4, -0.2) is 31.8 Å². The fraction of sp³-hybridized carbons (Fsp3) is 0.300. The van der Waals surface area contributed by atoms with Crippen molar-refractivity contribution in [2.75, 3.05) is 7.11 Å². The Morgan fingerprint density at radius 2 is 1.74 bits per heavy atom. The van der Waals surface area contributed by atoms with E-state index >= 15 is 0 Å². The summed E-state index contributed by atoms with van der Waals surface area (Å²) in [6.07, 6.45) is 1.80. The van der Waals surface area contributed by atoms with E-state index in [9.17, 15) is 4.79 Å². The molecule has 4 aromatic rings. The third-order valence-electron chi connectivity index (χ3n) is 7.05. The number of alkyl halides is 4. The second-order valence-corrected chi connectivity index (χ2v) is 17.2. The molecule has 0 N–H and O–H groups in total. The van der Waals surface area contributed by atoms with Crippen LogP contribution in [0.2, 0.25) is 0 Å². The van der Waals surface area contributed by atoms with E-state index in [1.165, 1.54) is 7.11 Å². The Bertz CT molecular complexity index is 1540. The van der Waals surface area contributed by atoms with Gasteiger partial charge in [0.05, 0.1) is 7.11 Å². The highest BCUT2D eigenvalue weighted by Gasteiger charge is 2.52. The zero-order valence-corrected chi connectivity index (χ0v) is 27.4. The topological polar surface area (TPSA) is 48.7 Å². The predicted molar refractivity (Wildman–Crippen MR) is 168 cm³/mol. The van der Waals surface area contributed by atoms with Crippen molar-refractivity contribution in [3.63, 3.8) is 0 Å². The molecule has 2 unspecified atom stereocenters. The Morgan fingerprint density at radius 3 is 2.42 bits per heavy atom. The number of fused-ring (bicyclic) bond motifs is 2. The van der Waals surface area contributed by atoms with Crippen LogP contribution in [0.5, 0.6) is 0 Å². The fourth-order valence-corrected chi connectivity index (χ4v) is 9.50. The number of rotatable bonds is 6. The van der Waals surface area contributed by atoms with Crippen molar-refractivity contribution < 1.29 is 18.7 Å². The summed E-state index contributed by atoms with van der Waals surface area (Å²) in [5.41, 5.74) is 5.22. The lowest BCUT2D eigenvalue weighted by atomic mass is 9.86. The van der Waals surface area contributed by atoms with Crippen LogP contribution in [0.25, 0.3) is 27.3 Å². The van der Waals surface area contributed by atoms with Gasteiger partial charge in [0, 0.05) is 18.2 Å². The Balaban J connectivity index is 1.60. The Kier molecular flexibility index (Phi) is 8.02. The average Bonchev–Trinajstić information content (AvgIpc) is 3.16. The van der Waals surface area contributed by atoms with Gasteiger partial charge in [-0.05, 0) is 52.9 Å². The zero-order valence-electron chi connectivity index (χ0n) is 21.1. The molecule has 1 aromatic heterocycles. The number of carbonyl (C=O) groups excluding carboxylic acids is 1. The summed E-state index contributed by atoms with van der Waals surface area (Å²) in [6, 6.07) is 20.3. The first kappa shape index (κ1) is 28.1. The second kappa shape index (κ2) is 10.8. The summed E-state index contributed by atoms with van der Waals surface area (Å²) in [7, 11) is 1.38. The molecule has 8 heteroatoms.